The van der Waals surface area contributed by atoms with Gasteiger partial charge in [-0.3, -0.25) is 0 Å². The van der Waals surface area contributed by atoms with Gasteiger partial charge in [0.2, 0.25) is 10.0 Å². The molecule has 0 spiro atoms. The van der Waals surface area contributed by atoms with Crippen molar-refractivity contribution in [3.8, 4) is 0 Å². The van der Waals surface area contributed by atoms with Crippen LogP contribution in [0.5, 0.6) is 0 Å². The monoisotopic (exact) mass is 298 g/mol. The minimum atomic E-state index is -3.49. The molecule has 0 amide bonds. The zero-order valence-electron chi connectivity index (χ0n) is 10.8. The number of hydrogen-bond acceptors (Lipinski definition) is 3. The molecule has 0 atom stereocenters. The molecular formula is C13H18N2O2S2. The second-order valence-corrected chi connectivity index (χ2v) is 7.59. The van der Waals surface area contributed by atoms with Gasteiger partial charge in [-0.15, -0.1) is 0 Å². The van der Waals surface area contributed by atoms with Crippen LogP contribution in [0.1, 0.15) is 31.7 Å². The summed E-state index contributed by atoms with van der Waals surface area (Å²) in [6.45, 7) is 2.58. The molecule has 1 aliphatic rings. The molecule has 1 aliphatic carbocycles. The molecule has 1 fully saturated rings. The van der Waals surface area contributed by atoms with Gasteiger partial charge < -0.3 is 5.73 Å². The van der Waals surface area contributed by atoms with E-state index in [-0.39, 0.29) is 15.3 Å². The summed E-state index contributed by atoms with van der Waals surface area (Å²) in [5, 5.41) is 0. The third-order valence-corrected chi connectivity index (χ3v) is 5.31. The van der Waals surface area contributed by atoms with Gasteiger partial charge in [-0.1, -0.05) is 37.7 Å². The Morgan fingerprint density at radius 2 is 2.16 bits per heavy atom. The van der Waals surface area contributed by atoms with Crippen LogP contribution in [-0.2, 0) is 10.0 Å². The number of nitrogens with two attached hydrogens (primary N) is 1. The number of rotatable bonds is 5. The van der Waals surface area contributed by atoms with Crippen molar-refractivity contribution in [3.63, 3.8) is 0 Å². The highest BCUT2D eigenvalue weighted by Gasteiger charge is 2.33. The molecule has 0 unspecified atom stereocenters. The summed E-state index contributed by atoms with van der Waals surface area (Å²) >= 11 is 4.86. The third kappa shape index (κ3) is 3.32. The summed E-state index contributed by atoms with van der Waals surface area (Å²) in [4.78, 5) is 0.406. The third-order valence-electron chi connectivity index (χ3n) is 3.68. The lowest BCUT2D eigenvalue weighted by Crippen LogP contribution is -2.39. The van der Waals surface area contributed by atoms with Gasteiger partial charge in [-0.25, -0.2) is 13.1 Å². The fraction of sp³-hybridized carbons (Fsp3) is 0.462. The Hall–Kier alpha value is -0.980. The Kier molecular flexibility index (Phi) is 3.94. The highest BCUT2D eigenvalue weighted by atomic mass is 32.2. The smallest absolute Gasteiger partial charge is 0.240 e. The molecule has 0 aromatic heterocycles. The summed E-state index contributed by atoms with van der Waals surface area (Å²) in [6.07, 6.45) is 3.32. The predicted molar refractivity (Wildman–Crippen MR) is 79.5 cm³/mol. The van der Waals surface area contributed by atoms with Crippen molar-refractivity contribution < 1.29 is 8.42 Å². The summed E-state index contributed by atoms with van der Waals surface area (Å²) < 4.78 is 27.1. The van der Waals surface area contributed by atoms with E-state index in [4.69, 9.17) is 18.0 Å². The number of thiocarbonyl (C=S) groups is 1. The number of sulfonamides is 1. The van der Waals surface area contributed by atoms with Crippen LogP contribution >= 0.6 is 12.2 Å². The Bertz CT molecular complexity index is 592. The van der Waals surface area contributed by atoms with E-state index >= 15 is 0 Å². The highest BCUT2D eigenvalue weighted by Crippen LogP contribution is 2.39. The van der Waals surface area contributed by atoms with Crippen LogP contribution in [0, 0.1) is 5.41 Å². The lowest BCUT2D eigenvalue weighted by Gasteiger charge is -2.38. The lowest BCUT2D eigenvalue weighted by molar-refractivity contribution is 0.166. The average Bonchev–Trinajstić information content (AvgIpc) is 2.34. The van der Waals surface area contributed by atoms with E-state index < -0.39 is 10.0 Å². The Morgan fingerprint density at radius 3 is 2.68 bits per heavy atom. The summed E-state index contributed by atoms with van der Waals surface area (Å²) in [5.41, 5.74) is 6.18. The van der Waals surface area contributed by atoms with E-state index in [9.17, 15) is 8.42 Å². The van der Waals surface area contributed by atoms with Crippen LogP contribution in [0.25, 0.3) is 0 Å². The lowest BCUT2D eigenvalue weighted by atomic mass is 9.71. The van der Waals surface area contributed by atoms with Crippen LogP contribution in [0.2, 0.25) is 0 Å². The van der Waals surface area contributed by atoms with Crippen LogP contribution in [0.15, 0.2) is 29.2 Å². The van der Waals surface area contributed by atoms with E-state index in [2.05, 4.69) is 11.6 Å². The molecule has 0 bridgehead atoms. The topological polar surface area (TPSA) is 72.2 Å². The van der Waals surface area contributed by atoms with Gasteiger partial charge in [-0.05, 0) is 30.4 Å². The van der Waals surface area contributed by atoms with Crippen molar-refractivity contribution in [1.82, 2.24) is 4.72 Å². The molecule has 1 aromatic rings. The first kappa shape index (κ1) is 14.4. The normalized spacial score (nSPS) is 17.7. The predicted octanol–water partition coefficient (Wildman–Crippen LogP) is 1.79. The van der Waals surface area contributed by atoms with E-state index in [1.807, 2.05) is 0 Å². The molecule has 0 aliphatic heterocycles. The molecular weight excluding hydrogens is 280 g/mol. The van der Waals surface area contributed by atoms with Crippen LogP contribution < -0.4 is 10.5 Å². The molecule has 3 N–H and O–H groups in total. The van der Waals surface area contributed by atoms with E-state index in [1.165, 1.54) is 12.5 Å². The maximum absolute atomic E-state index is 12.2. The van der Waals surface area contributed by atoms with Crippen molar-refractivity contribution in [2.45, 2.75) is 31.1 Å². The maximum Gasteiger partial charge on any atom is 0.240 e. The molecule has 2 rings (SSSR count). The van der Waals surface area contributed by atoms with E-state index in [0.29, 0.717) is 12.1 Å². The largest absolute Gasteiger partial charge is 0.389 e. The fourth-order valence-electron chi connectivity index (χ4n) is 2.13. The van der Waals surface area contributed by atoms with Crippen molar-refractivity contribution in [3.05, 3.63) is 29.8 Å². The van der Waals surface area contributed by atoms with Crippen LogP contribution in [-0.4, -0.2) is 20.0 Å². The first-order valence-electron chi connectivity index (χ1n) is 6.22. The summed E-state index contributed by atoms with van der Waals surface area (Å²) in [5.74, 6) is 0. The minimum Gasteiger partial charge on any atom is -0.389 e. The van der Waals surface area contributed by atoms with E-state index in [1.54, 1.807) is 18.2 Å². The second-order valence-electron chi connectivity index (χ2n) is 5.38. The molecule has 1 aromatic carbocycles. The second kappa shape index (κ2) is 5.19. The molecule has 0 heterocycles. The van der Waals surface area contributed by atoms with Crippen molar-refractivity contribution in [2.75, 3.05) is 6.54 Å². The quantitative estimate of drug-likeness (QED) is 0.813. The molecule has 0 radical (unpaired) electrons. The van der Waals surface area contributed by atoms with Crippen molar-refractivity contribution >= 4 is 27.2 Å². The molecule has 4 nitrogen and oxygen atoms in total. The van der Waals surface area contributed by atoms with Crippen LogP contribution in [0.3, 0.4) is 0 Å². The fourth-order valence-corrected chi connectivity index (χ4v) is 3.50. The Labute approximate surface area is 119 Å². The van der Waals surface area contributed by atoms with Gasteiger partial charge in [0.1, 0.15) is 4.99 Å². The number of benzene rings is 1. The molecule has 6 heteroatoms. The summed E-state index contributed by atoms with van der Waals surface area (Å²) in [6, 6.07) is 6.41. The maximum atomic E-state index is 12.2. The summed E-state index contributed by atoms with van der Waals surface area (Å²) in [7, 11) is -3.49. The Morgan fingerprint density at radius 1 is 1.47 bits per heavy atom. The molecule has 1 saturated carbocycles. The average molecular weight is 298 g/mol. The van der Waals surface area contributed by atoms with Crippen molar-refractivity contribution in [2.24, 2.45) is 11.1 Å². The van der Waals surface area contributed by atoms with Crippen LogP contribution in [0.4, 0.5) is 0 Å². The zero-order chi connectivity index (χ0) is 14.1. The van der Waals surface area contributed by atoms with Gasteiger partial charge in [0.25, 0.3) is 0 Å². The zero-order valence-corrected chi connectivity index (χ0v) is 12.5. The van der Waals surface area contributed by atoms with Gasteiger partial charge >= 0.3 is 0 Å². The van der Waals surface area contributed by atoms with E-state index in [0.717, 1.165) is 12.8 Å². The SMILES string of the molecule is CC1(CNS(=O)(=O)c2cccc(C(N)=S)c2)CCC1. The first-order valence-corrected chi connectivity index (χ1v) is 8.11. The molecule has 19 heavy (non-hydrogen) atoms. The van der Waals surface area contributed by atoms with Gasteiger partial charge in [0.05, 0.1) is 4.90 Å². The molecule has 0 saturated heterocycles. The van der Waals surface area contributed by atoms with Gasteiger partial charge in [0.15, 0.2) is 0 Å². The standard InChI is InChI=1S/C13H18N2O2S2/c1-13(6-3-7-13)9-15-19(16,17)11-5-2-4-10(8-11)12(14)18/h2,4-5,8,15H,3,6-7,9H2,1H3,(H2,14,18). The first-order chi connectivity index (χ1) is 8.82. The number of nitrogens with one attached hydrogen (secondary N) is 1. The molecule has 104 valence electrons. The van der Waals surface area contributed by atoms with Gasteiger partial charge in [0, 0.05) is 12.1 Å². The number of hydrogen-bond donors (Lipinski definition) is 2. The Balaban J connectivity index is 2.14. The minimum absolute atomic E-state index is 0.105. The van der Waals surface area contributed by atoms with Gasteiger partial charge in [-0.2, -0.15) is 0 Å². The van der Waals surface area contributed by atoms with Crippen molar-refractivity contribution in [1.29, 1.82) is 0 Å². The highest BCUT2D eigenvalue weighted by molar-refractivity contribution is 7.89.